The summed E-state index contributed by atoms with van der Waals surface area (Å²) in [6.45, 7) is 0.166. The van der Waals surface area contributed by atoms with Crippen LogP contribution in [0.5, 0.6) is 0 Å². The van der Waals surface area contributed by atoms with Crippen LogP contribution in [-0.4, -0.2) is 17.4 Å². The van der Waals surface area contributed by atoms with Crippen LogP contribution in [0.15, 0.2) is 41.0 Å². The molecule has 0 saturated heterocycles. The number of hydrogen-bond donors (Lipinski definition) is 2. The maximum atomic E-state index is 11.6. The lowest BCUT2D eigenvalue weighted by Gasteiger charge is -2.07. The van der Waals surface area contributed by atoms with Gasteiger partial charge in [-0.25, -0.2) is 0 Å². The zero-order valence-corrected chi connectivity index (χ0v) is 11.6. The van der Waals surface area contributed by atoms with Crippen molar-refractivity contribution in [1.29, 1.82) is 0 Å². The van der Waals surface area contributed by atoms with Gasteiger partial charge in [0, 0.05) is 11.1 Å². The molecule has 2 rings (SSSR count). The first-order chi connectivity index (χ1) is 10.1. The van der Waals surface area contributed by atoms with Crippen molar-refractivity contribution in [2.24, 2.45) is 0 Å². The number of benzene rings is 1. The van der Waals surface area contributed by atoms with Crippen LogP contribution in [0.25, 0.3) is 0 Å². The van der Waals surface area contributed by atoms with E-state index in [-0.39, 0.29) is 35.4 Å². The Labute approximate surface area is 125 Å². The van der Waals surface area contributed by atoms with Gasteiger partial charge in [-0.2, -0.15) is 0 Å². The summed E-state index contributed by atoms with van der Waals surface area (Å²) in [6, 6.07) is 7.65. The second-order valence-electron chi connectivity index (χ2n) is 4.13. The Bertz CT molecular complexity index is 643. The van der Waals surface area contributed by atoms with E-state index in [0.29, 0.717) is 5.76 Å². The first kappa shape index (κ1) is 14.9. The summed E-state index contributed by atoms with van der Waals surface area (Å²) >= 11 is 5.71. The van der Waals surface area contributed by atoms with Crippen LogP contribution >= 0.6 is 11.6 Å². The van der Waals surface area contributed by atoms with E-state index in [9.17, 15) is 14.9 Å². The third-order valence-corrected chi connectivity index (χ3v) is 2.87. The predicted molar refractivity (Wildman–Crippen MR) is 77.2 cm³/mol. The Morgan fingerprint density at radius 3 is 2.86 bits per heavy atom. The van der Waals surface area contributed by atoms with Crippen LogP contribution < -0.4 is 10.6 Å². The molecule has 110 valence electrons. The van der Waals surface area contributed by atoms with Gasteiger partial charge in [0.15, 0.2) is 0 Å². The van der Waals surface area contributed by atoms with Crippen molar-refractivity contribution in [1.82, 2.24) is 5.32 Å². The molecule has 0 saturated carbocycles. The Hall–Kier alpha value is -2.54. The van der Waals surface area contributed by atoms with Crippen molar-refractivity contribution in [2.75, 3.05) is 11.9 Å². The molecule has 7 nitrogen and oxygen atoms in total. The zero-order chi connectivity index (χ0) is 15.2. The number of nitro benzene ring substituents is 1. The minimum Gasteiger partial charge on any atom is -0.467 e. The second kappa shape index (κ2) is 6.76. The van der Waals surface area contributed by atoms with E-state index in [2.05, 4.69) is 10.6 Å². The Morgan fingerprint density at radius 1 is 1.38 bits per heavy atom. The number of nitro groups is 1. The molecule has 0 aliphatic carbocycles. The topological polar surface area (TPSA) is 97.4 Å². The van der Waals surface area contributed by atoms with Gasteiger partial charge < -0.3 is 15.1 Å². The molecule has 8 heteroatoms. The van der Waals surface area contributed by atoms with E-state index in [4.69, 9.17) is 16.0 Å². The Kier molecular flexibility index (Phi) is 4.78. The van der Waals surface area contributed by atoms with Gasteiger partial charge >= 0.3 is 0 Å². The molecule has 0 fully saturated rings. The van der Waals surface area contributed by atoms with Crippen LogP contribution in [0.4, 0.5) is 11.4 Å². The van der Waals surface area contributed by atoms with Gasteiger partial charge in [-0.3, -0.25) is 14.9 Å². The normalized spacial score (nSPS) is 10.1. The minimum atomic E-state index is -0.561. The lowest BCUT2D eigenvalue weighted by Crippen LogP contribution is -2.29. The SMILES string of the molecule is O=C(CNc1ccc(Cl)cc1[N+](=O)[O-])NCc1ccco1. The van der Waals surface area contributed by atoms with E-state index in [1.165, 1.54) is 24.5 Å². The van der Waals surface area contributed by atoms with Crippen molar-refractivity contribution >= 4 is 28.9 Å². The summed E-state index contributed by atoms with van der Waals surface area (Å²) in [5.74, 6) is 0.316. The molecule has 21 heavy (non-hydrogen) atoms. The summed E-state index contributed by atoms with van der Waals surface area (Å²) in [5, 5.41) is 16.5. The van der Waals surface area contributed by atoms with Gasteiger partial charge in [-0.15, -0.1) is 0 Å². The standard InChI is InChI=1S/C13H12ClN3O4/c14-9-3-4-11(12(6-9)17(19)20)15-8-13(18)16-7-10-2-1-5-21-10/h1-6,15H,7-8H2,(H,16,18). The molecule has 0 spiro atoms. The van der Waals surface area contributed by atoms with Gasteiger partial charge in [0.05, 0.1) is 24.3 Å². The number of amides is 1. The van der Waals surface area contributed by atoms with Gasteiger partial charge in [0.1, 0.15) is 11.4 Å². The summed E-state index contributed by atoms with van der Waals surface area (Å²) < 4.78 is 5.07. The molecule has 1 aromatic heterocycles. The van der Waals surface area contributed by atoms with Crippen LogP contribution in [0.1, 0.15) is 5.76 Å². The lowest BCUT2D eigenvalue weighted by molar-refractivity contribution is -0.383. The quantitative estimate of drug-likeness (QED) is 0.631. The predicted octanol–water partition coefficient (Wildman–Crippen LogP) is 2.57. The second-order valence-corrected chi connectivity index (χ2v) is 4.56. The number of nitrogens with one attached hydrogen (secondary N) is 2. The van der Waals surface area contributed by atoms with E-state index in [1.54, 1.807) is 12.1 Å². The van der Waals surface area contributed by atoms with Crippen molar-refractivity contribution in [3.05, 3.63) is 57.5 Å². The molecule has 2 N–H and O–H groups in total. The highest BCUT2D eigenvalue weighted by Crippen LogP contribution is 2.27. The monoisotopic (exact) mass is 309 g/mol. The summed E-state index contributed by atoms with van der Waals surface area (Å²) in [6.07, 6.45) is 1.51. The van der Waals surface area contributed by atoms with Crippen molar-refractivity contribution in [3.8, 4) is 0 Å². The molecule has 1 heterocycles. The third kappa shape index (κ3) is 4.22. The van der Waals surface area contributed by atoms with E-state index in [0.717, 1.165) is 0 Å². The molecule has 0 aliphatic heterocycles. The number of anilines is 1. The maximum Gasteiger partial charge on any atom is 0.293 e. The molecule has 0 unspecified atom stereocenters. The fourth-order valence-electron chi connectivity index (χ4n) is 1.64. The molecule has 0 bridgehead atoms. The molecule has 0 aliphatic rings. The fraction of sp³-hybridized carbons (Fsp3) is 0.154. The molecule has 0 radical (unpaired) electrons. The molecule has 2 aromatic rings. The molecule has 0 atom stereocenters. The van der Waals surface area contributed by atoms with E-state index >= 15 is 0 Å². The van der Waals surface area contributed by atoms with Crippen molar-refractivity contribution in [3.63, 3.8) is 0 Å². The minimum absolute atomic E-state index is 0.0941. The maximum absolute atomic E-state index is 11.6. The average molecular weight is 310 g/mol. The van der Waals surface area contributed by atoms with Crippen LogP contribution in [-0.2, 0) is 11.3 Å². The number of carbonyl (C=O) groups excluding carboxylic acids is 1. The number of hydrogen-bond acceptors (Lipinski definition) is 5. The highest BCUT2D eigenvalue weighted by molar-refractivity contribution is 6.30. The van der Waals surface area contributed by atoms with Crippen molar-refractivity contribution < 1.29 is 14.1 Å². The number of furan rings is 1. The Balaban J connectivity index is 1.90. The molecular weight excluding hydrogens is 298 g/mol. The molecular formula is C13H12ClN3O4. The number of carbonyl (C=O) groups is 1. The molecule has 1 amide bonds. The summed E-state index contributed by atoms with van der Waals surface area (Å²) in [4.78, 5) is 22.0. The van der Waals surface area contributed by atoms with Crippen LogP contribution in [0, 0.1) is 10.1 Å². The highest BCUT2D eigenvalue weighted by Gasteiger charge is 2.14. The van der Waals surface area contributed by atoms with Gasteiger partial charge in [-0.05, 0) is 24.3 Å². The van der Waals surface area contributed by atoms with Crippen LogP contribution in [0.2, 0.25) is 5.02 Å². The zero-order valence-electron chi connectivity index (χ0n) is 10.8. The summed E-state index contributed by atoms with van der Waals surface area (Å²) in [5.41, 5.74) is 0.0545. The summed E-state index contributed by atoms with van der Waals surface area (Å²) in [7, 11) is 0. The number of rotatable bonds is 6. The van der Waals surface area contributed by atoms with E-state index in [1.807, 2.05) is 0 Å². The van der Waals surface area contributed by atoms with Crippen molar-refractivity contribution in [2.45, 2.75) is 6.54 Å². The fourth-order valence-corrected chi connectivity index (χ4v) is 1.81. The smallest absolute Gasteiger partial charge is 0.293 e. The first-order valence-electron chi connectivity index (χ1n) is 6.03. The lowest BCUT2D eigenvalue weighted by atomic mass is 10.2. The first-order valence-corrected chi connectivity index (χ1v) is 6.41. The number of nitrogens with zero attached hydrogens (tertiary/aromatic N) is 1. The largest absolute Gasteiger partial charge is 0.467 e. The molecule has 1 aromatic carbocycles. The van der Waals surface area contributed by atoms with Crippen LogP contribution in [0.3, 0.4) is 0 Å². The highest BCUT2D eigenvalue weighted by atomic mass is 35.5. The third-order valence-electron chi connectivity index (χ3n) is 2.64. The van der Waals surface area contributed by atoms with Gasteiger partial charge in [-0.1, -0.05) is 11.6 Å². The Morgan fingerprint density at radius 2 is 2.19 bits per heavy atom. The van der Waals surface area contributed by atoms with Gasteiger partial charge in [0.25, 0.3) is 5.69 Å². The van der Waals surface area contributed by atoms with Gasteiger partial charge in [0.2, 0.25) is 5.91 Å². The number of halogens is 1. The average Bonchev–Trinajstić information content (AvgIpc) is 2.97. The van der Waals surface area contributed by atoms with E-state index < -0.39 is 4.92 Å².